The standard InChI is InChI=1S/C16H26N2O3.C13H19ClN2O2.ClH/c1-4-10-20-15-8-7-13(12-14(15)17)16(19)21-11-9-18(5-2)6-3;1-3-16(4-2)7-8-18-13(17)11-6-5-10(15)9-12(11)14;/h7-8,12H,4-6,9-11,17H2,1-3H3;5-6,9H,3-4,7-8,15H2,1-2H3;1H. The second-order valence-corrected chi connectivity index (χ2v) is 9.07. The van der Waals surface area contributed by atoms with Gasteiger partial charge in [0.05, 0.1) is 28.4 Å². The highest BCUT2D eigenvalue weighted by molar-refractivity contribution is 6.33. The van der Waals surface area contributed by atoms with Crippen molar-refractivity contribution in [2.24, 2.45) is 0 Å². The van der Waals surface area contributed by atoms with Gasteiger partial charge in [-0.25, -0.2) is 9.59 Å². The number of hydrogen-bond donors (Lipinski definition) is 2. The van der Waals surface area contributed by atoms with Crippen LogP contribution in [0.3, 0.4) is 0 Å². The van der Waals surface area contributed by atoms with E-state index in [1.165, 1.54) is 0 Å². The highest BCUT2D eigenvalue weighted by Gasteiger charge is 2.13. The maximum atomic E-state index is 11.9. The first-order valence-corrected chi connectivity index (χ1v) is 13.9. The van der Waals surface area contributed by atoms with Gasteiger partial charge >= 0.3 is 11.9 Å². The summed E-state index contributed by atoms with van der Waals surface area (Å²) in [6, 6.07) is 9.75. The van der Waals surface area contributed by atoms with Gasteiger partial charge in [0.1, 0.15) is 19.0 Å². The predicted molar refractivity (Wildman–Crippen MR) is 166 cm³/mol. The lowest BCUT2D eigenvalue weighted by Gasteiger charge is -2.17. The Bertz CT molecular complexity index is 1020. The zero-order chi connectivity index (χ0) is 29.2. The van der Waals surface area contributed by atoms with Crippen LogP contribution in [0.25, 0.3) is 0 Å². The normalized spacial score (nSPS) is 10.4. The Balaban J connectivity index is 0.000000750. The molecule has 0 bridgehead atoms. The van der Waals surface area contributed by atoms with E-state index in [9.17, 15) is 9.59 Å². The molecule has 0 saturated carbocycles. The molecule has 0 aromatic heterocycles. The van der Waals surface area contributed by atoms with Crippen molar-refractivity contribution in [2.45, 2.75) is 41.0 Å². The van der Waals surface area contributed by atoms with Gasteiger partial charge in [-0.1, -0.05) is 46.2 Å². The molecule has 40 heavy (non-hydrogen) atoms. The summed E-state index contributed by atoms with van der Waals surface area (Å²) >= 11 is 5.93. The van der Waals surface area contributed by atoms with Crippen LogP contribution >= 0.6 is 24.0 Å². The summed E-state index contributed by atoms with van der Waals surface area (Å²) in [5, 5.41) is 0.322. The molecule has 226 valence electrons. The molecule has 0 aliphatic rings. The Morgan fingerprint density at radius 1 is 0.775 bits per heavy atom. The zero-order valence-electron chi connectivity index (χ0n) is 24.4. The Kier molecular flexibility index (Phi) is 19.6. The van der Waals surface area contributed by atoms with Crippen LogP contribution in [0, 0.1) is 0 Å². The molecule has 0 saturated heterocycles. The van der Waals surface area contributed by atoms with Gasteiger partial charge in [0.25, 0.3) is 0 Å². The lowest BCUT2D eigenvalue weighted by atomic mass is 10.2. The molecule has 0 radical (unpaired) electrons. The first-order chi connectivity index (χ1) is 18.7. The number of carbonyl (C=O) groups excluding carboxylic acids is 2. The summed E-state index contributed by atoms with van der Waals surface area (Å²) < 4.78 is 15.9. The second kappa shape index (κ2) is 21.1. The van der Waals surface area contributed by atoms with Crippen LogP contribution < -0.4 is 16.2 Å². The monoisotopic (exact) mass is 600 g/mol. The maximum Gasteiger partial charge on any atom is 0.339 e. The molecule has 2 rings (SSSR count). The van der Waals surface area contributed by atoms with Crippen LogP contribution in [-0.2, 0) is 9.47 Å². The third-order valence-electron chi connectivity index (χ3n) is 5.99. The number of nitrogens with zero attached hydrogens (tertiary/aromatic N) is 2. The largest absolute Gasteiger partial charge is 0.491 e. The number of nitrogen functional groups attached to an aromatic ring is 2. The number of rotatable bonds is 15. The lowest BCUT2D eigenvalue weighted by Crippen LogP contribution is -2.27. The number of esters is 2. The number of ether oxygens (including phenoxy) is 3. The number of benzene rings is 2. The number of hydrogen-bond acceptors (Lipinski definition) is 9. The summed E-state index contributed by atoms with van der Waals surface area (Å²) in [6.07, 6.45) is 0.911. The highest BCUT2D eigenvalue weighted by atomic mass is 35.5. The van der Waals surface area contributed by atoms with Gasteiger partial charge < -0.3 is 35.5 Å². The molecule has 0 fully saturated rings. The van der Waals surface area contributed by atoms with Crippen molar-refractivity contribution in [3.63, 3.8) is 0 Å². The molecular weight excluding hydrogens is 555 g/mol. The quantitative estimate of drug-likeness (QED) is 0.204. The SMILES string of the molecule is CCCOc1ccc(C(=O)OCCN(CC)CC)cc1N.CCN(CC)CCOC(=O)c1ccc(N)cc1Cl.Cl. The van der Waals surface area contributed by atoms with E-state index in [0.29, 0.717) is 53.1 Å². The third kappa shape index (κ3) is 13.6. The van der Waals surface area contributed by atoms with Crippen LogP contribution in [0.2, 0.25) is 5.02 Å². The van der Waals surface area contributed by atoms with Gasteiger partial charge in [0.2, 0.25) is 0 Å². The average Bonchev–Trinajstić information content (AvgIpc) is 2.93. The molecule has 4 N–H and O–H groups in total. The van der Waals surface area contributed by atoms with Gasteiger partial charge in [-0.15, -0.1) is 12.4 Å². The van der Waals surface area contributed by atoms with Crippen molar-refractivity contribution in [1.82, 2.24) is 9.80 Å². The van der Waals surface area contributed by atoms with E-state index < -0.39 is 5.97 Å². The number of nitrogens with two attached hydrogens (primary N) is 2. The number of anilines is 2. The minimum atomic E-state index is -0.410. The zero-order valence-corrected chi connectivity index (χ0v) is 26.0. The van der Waals surface area contributed by atoms with E-state index in [0.717, 1.165) is 45.7 Å². The van der Waals surface area contributed by atoms with Crippen molar-refractivity contribution in [2.75, 3.05) is 70.6 Å². The van der Waals surface area contributed by atoms with E-state index >= 15 is 0 Å². The predicted octanol–water partition coefficient (Wildman–Crippen LogP) is 5.40. The maximum absolute atomic E-state index is 11.9. The third-order valence-corrected chi connectivity index (χ3v) is 6.30. The molecule has 0 heterocycles. The van der Waals surface area contributed by atoms with E-state index in [4.69, 9.17) is 37.3 Å². The van der Waals surface area contributed by atoms with Gasteiger partial charge in [-0.3, -0.25) is 0 Å². The van der Waals surface area contributed by atoms with Crippen molar-refractivity contribution >= 4 is 47.3 Å². The number of halogens is 2. The number of carbonyl (C=O) groups is 2. The fraction of sp³-hybridized carbons (Fsp3) is 0.517. The lowest BCUT2D eigenvalue weighted by molar-refractivity contribution is 0.0458. The molecule has 2 aromatic rings. The molecule has 0 atom stereocenters. The first-order valence-electron chi connectivity index (χ1n) is 13.6. The minimum Gasteiger partial charge on any atom is -0.491 e. The molecule has 0 amide bonds. The van der Waals surface area contributed by atoms with E-state index in [-0.39, 0.29) is 18.4 Å². The van der Waals surface area contributed by atoms with Crippen molar-refractivity contribution in [1.29, 1.82) is 0 Å². The van der Waals surface area contributed by atoms with Crippen molar-refractivity contribution < 1.29 is 23.8 Å². The van der Waals surface area contributed by atoms with Crippen LogP contribution in [-0.4, -0.2) is 80.8 Å². The van der Waals surface area contributed by atoms with Gasteiger partial charge in [0.15, 0.2) is 0 Å². The fourth-order valence-corrected chi connectivity index (χ4v) is 3.76. The second-order valence-electron chi connectivity index (χ2n) is 8.67. The van der Waals surface area contributed by atoms with E-state index in [1.54, 1.807) is 36.4 Å². The molecule has 2 aromatic carbocycles. The van der Waals surface area contributed by atoms with E-state index in [2.05, 4.69) is 37.5 Å². The molecule has 0 spiro atoms. The minimum absolute atomic E-state index is 0. The van der Waals surface area contributed by atoms with Crippen molar-refractivity contribution in [3.8, 4) is 5.75 Å². The summed E-state index contributed by atoms with van der Waals surface area (Å²) in [5.41, 5.74) is 13.2. The molecular formula is C29H46Cl2N4O5. The Morgan fingerprint density at radius 2 is 1.32 bits per heavy atom. The van der Waals surface area contributed by atoms with Gasteiger partial charge in [-0.2, -0.15) is 0 Å². The van der Waals surface area contributed by atoms with Crippen LogP contribution in [0.15, 0.2) is 36.4 Å². The van der Waals surface area contributed by atoms with Crippen LogP contribution in [0.1, 0.15) is 61.8 Å². The summed E-state index contributed by atoms with van der Waals surface area (Å²) in [7, 11) is 0. The Labute approximate surface area is 250 Å². The fourth-order valence-electron chi connectivity index (χ4n) is 3.49. The molecule has 0 unspecified atom stereocenters. The van der Waals surface area contributed by atoms with Gasteiger partial charge in [0, 0.05) is 18.8 Å². The number of likely N-dealkylation sites (N-methyl/N-ethyl adjacent to an activating group) is 2. The first kappa shape index (κ1) is 37.3. The average molecular weight is 602 g/mol. The van der Waals surface area contributed by atoms with Crippen LogP contribution in [0.4, 0.5) is 11.4 Å². The molecule has 0 aliphatic heterocycles. The van der Waals surface area contributed by atoms with E-state index in [1.807, 2.05) is 6.92 Å². The highest BCUT2D eigenvalue weighted by Crippen LogP contribution is 2.23. The Morgan fingerprint density at radius 3 is 1.80 bits per heavy atom. The molecule has 0 aliphatic carbocycles. The van der Waals surface area contributed by atoms with Crippen molar-refractivity contribution in [3.05, 3.63) is 52.5 Å². The van der Waals surface area contributed by atoms with Gasteiger partial charge in [-0.05, 0) is 69.0 Å². The Hall–Kier alpha value is -2.72. The summed E-state index contributed by atoms with van der Waals surface area (Å²) in [4.78, 5) is 28.1. The summed E-state index contributed by atoms with van der Waals surface area (Å²) in [6.45, 7) is 16.9. The van der Waals surface area contributed by atoms with Crippen LogP contribution in [0.5, 0.6) is 5.75 Å². The topological polar surface area (TPSA) is 120 Å². The molecule has 9 nitrogen and oxygen atoms in total. The molecule has 11 heteroatoms. The summed E-state index contributed by atoms with van der Waals surface area (Å²) in [5.74, 6) is -0.153. The smallest absolute Gasteiger partial charge is 0.339 e.